The molecular weight excluding hydrogens is 593 g/mol. The summed E-state index contributed by atoms with van der Waals surface area (Å²) in [5, 5.41) is 12.0. The van der Waals surface area contributed by atoms with E-state index >= 15 is 0 Å². The lowest BCUT2D eigenvalue weighted by Gasteiger charge is -2.25. The first-order valence-electron chi connectivity index (χ1n) is 17.2. The fourth-order valence-corrected chi connectivity index (χ4v) is 8.23. The second-order valence-electron chi connectivity index (χ2n) is 13.0. The van der Waals surface area contributed by atoms with Crippen molar-refractivity contribution in [3.8, 4) is 33.8 Å². The molecule has 0 N–H and O–H groups in total. The van der Waals surface area contributed by atoms with Crippen LogP contribution in [-0.4, -0.2) is 0 Å². The van der Waals surface area contributed by atoms with E-state index in [2.05, 4.69) is 170 Å². The lowest BCUT2D eigenvalue weighted by atomic mass is 9.83. The van der Waals surface area contributed by atoms with E-state index < -0.39 is 0 Å². The van der Waals surface area contributed by atoms with Gasteiger partial charge in [0, 0.05) is 21.7 Å². The van der Waals surface area contributed by atoms with Gasteiger partial charge < -0.3 is 4.74 Å². The summed E-state index contributed by atoms with van der Waals surface area (Å²) in [7, 11) is 0. The molecule has 9 aromatic rings. The van der Waals surface area contributed by atoms with Crippen molar-refractivity contribution in [2.24, 2.45) is 0 Å². The van der Waals surface area contributed by atoms with E-state index in [1.807, 2.05) is 0 Å². The normalized spacial score (nSPS) is 12.7. The van der Waals surface area contributed by atoms with E-state index in [4.69, 9.17) is 4.74 Å². The molecule has 0 radical (unpaired) electrons. The molecule has 0 fully saturated rings. The van der Waals surface area contributed by atoms with Crippen molar-refractivity contribution in [3.05, 3.63) is 175 Å². The maximum absolute atomic E-state index is 7.44. The topological polar surface area (TPSA) is 9.23 Å². The molecule has 0 spiro atoms. The number of benzene rings is 9. The van der Waals surface area contributed by atoms with Crippen molar-refractivity contribution in [1.29, 1.82) is 0 Å². The van der Waals surface area contributed by atoms with Crippen LogP contribution in [0.25, 0.3) is 82.2 Å². The SMILES string of the molecule is C1=Cc2c(c(Oc3c4ccccc4c(-c4cccc5ccccc45)c4ccccc34)c3ccccc3c2-c2cccc3ccccc23)CC1. The van der Waals surface area contributed by atoms with Gasteiger partial charge in [0.25, 0.3) is 0 Å². The summed E-state index contributed by atoms with van der Waals surface area (Å²) in [5.41, 5.74) is 7.57. The number of rotatable bonds is 4. The Hall–Kier alpha value is -6.18. The van der Waals surface area contributed by atoms with E-state index in [-0.39, 0.29) is 0 Å². The Morgan fingerprint density at radius 2 is 0.796 bits per heavy atom. The average molecular weight is 625 g/mol. The first-order valence-corrected chi connectivity index (χ1v) is 17.2. The van der Waals surface area contributed by atoms with Crippen LogP contribution in [0, 0.1) is 0 Å². The zero-order valence-corrected chi connectivity index (χ0v) is 27.0. The number of hydrogen-bond donors (Lipinski definition) is 0. The molecule has 10 rings (SSSR count). The molecular formula is C48H32O. The molecule has 0 bridgehead atoms. The molecule has 0 aliphatic heterocycles. The standard InChI is InChI=1S/C48H32O/c1-3-19-33-31(15-1)17-13-29-35(33)45-37-21-5-9-25-41(37)47(42-26-10-6-22-38(42)45)49-48-43-27-11-7-23-39(43)46(40-24-8-12-28-44(40)48)36-30-14-18-32-16-2-4-20-34(32)36/h1-11,13-27,29-30H,12,28H2. The third kappa shape index (κ3) is 4.33. The Balaban J connectivity index is 1.28. The minimum atomic E-state index is 0.912. The van der Waals surface area contributed by atoms with Gasteiger partial charge >= 0.3 is 0 Å². The molecule has 0 unspecified atom stereocenters. The second kappa shape index (κ2) is 11.2. The van der Waals surface area contributed by atoms with Crippen LogP contribution in [0.1, 0.15) is 17.5 Å². The highest BCUT2D eigenvalue weighted by Crippen LogP contribution is 2.50. The van der Waals surface area contributed by atoms with Crippen LogP contribution in [0.2, 0.25) is 0 Å². The Labute approximate surface area is 285 Å². The first kappa shape index (κ1) is 27.9. The molecule has 0 saturated carbocycles. The van der Waals surface area contributed by atoms with Crippen LogP contribution >= 0.6 is 0 Å². The van der Waals surface area contributed by atoms with Gasteiger partial charge in [-0.15, -0.1) is 0 Å². The van der Waals surface area contributed by atoms with Crippen molar-refractivity contribution in [2.75, 3.05) is 0 Å². The van der Waals surface area contributed by atoms with E-state index in [0.717, 1.165) is 40.5 Å². The van der Waals surface area contributed by atoms with Crippen LogP contribution in [0.15, 0.2) is 164 Å². The Bertz CT molecular complexity index is 2730. The fraction of sp³-hybridized carbons (Fsp3) is 0.0417. The van der Waals surface area contributed by atoms with Gasteiger partial charge in [-0.05, 0) is 78.4 Å². The number of allylic oxidation sites excluding steroid dienone is 1. The average Bonchev–Trinajstić information content (AvgIpc) is 3.17. The highest BCUT2D eigenvalue weighted by Gasteiger charge is 2.25. The van der Waals surface area contributed by atoms with E-state index in [1.165, 1.54) is 71.1 Å². The predicted octanol–water partition coefficient (Wildman–Crippen LogP) is 13.5. The largest absolute Gasteiger partial charge is 0.455 e. The number of fused-ring (bicyclic) bond motifs is 6. The van der Waals surface area contributed by atoms with Gasteiger partial charge in [-0.1, -0.05) is 170 Å². The summed E-state index contributed by atoms with van der Waals surface area (Å²) >= 11 is 0. The molecule has 1 aliphatic rings. The Kier molecular flexibility index (Phi) is 6.38. The lowest BCUT2D eigenvalue weighted by Crippen LogP contribution is -2.03. The van der Waals surface area contributed by atoms with Crippen molar-refractivity contribution in [1.82, 2.24) is 0 Å². The van der Waals surface area contributed by atoms with Crippen LogP contribution < -0.4 is 4.74 Å². The molecule has 1 nitrogen and oxygen atoms in total. The van der Waals surface area contributed by atoms with Crippen molar-refractivity contribution < 1.29 is 4.74 Å². The van der Waals surface area contributed by atoms with Gasteiger partial charge in [-0.2, -0.15) is 0 Å². The predicted molar refractivity (Wildman–Crippen MR) is 209 cm³/mol. The fourth-order valence-electron chi connectivity index (χ4n) is 8.23. The lowest BCUT2D eigenvalue weighted by molar-refractivity contribution is 0.492. The summed E-state index contributed by atoms with van der Waals surface area (Å²) in [6, 6.07) is 57.1. The van der Waals surface area contributed by atoms with Gasteiger partial charge in [-0.25, -0.2) is 0 Å². The van der Waals surface area contributed by atoms with Crippen molar-refractivity contribution >= 4 is 59.9 Å². The molecule has 1 heteroatoms. The first-order chi connectivity index (χ1) is 24.3. The molecule has 0 heterocycles. The van der Waals surface area contributed by atoms with E-state index in [9.17, 15) is 0 Å². The third-order valence-electron chi connectivity index (χ3n) is 10.4. The monoisotopic (exact) mass is 624 g/mol. The summed E-state index contributed by atoms with van der Waals surface area (Å²) < 4.78 is 7.44. The van der Waals surface area contributed by atoms with Gasteiger partial charge in [0.1, 0.15) is 11.5 Å². The van der Waals surface area contributed by atoms with Gasteiger partial charge in [0.15, 0.2) is 0 Å². The smallest absolute Gasteiger partial charge is 0.143 e. The highest BCUT2D eigenvalue weighted by atomic mass is 16.5. The molecule has 0 saturated heterocycles. The maximum Gasteiger partial charge on any atom is 0.143 e. The number of hydrogen-bond acceptors (Lipinski definition) is 1. The van der Waals surface area contributed by atoms with Crippen LogP contribution in [0.3, 0.4) is 0 Å². The molecule has 0 aromatic heterocycles. The van der Waals surface area contributed by atoms with Crippen molar-refractivity contribution in [2.45, 2.75) is 12.8 Å². The Morgan fingerprint density at radius 3 is 1.37 bits per heavy atom. The maximum atomic E-state index is 7.44. The zero-order chi connectivity index (χ0) is 32.3. The number of ether oxygens (including phenoxy) is 1. The minimum Gasteiger partial charge on any atom is -0.455 e. The second-order valence-corrected chi connectivity index (χ2v) is 13.0. The van der Waals surface area contributed by atoms with Crippen LogP contribution in [-0.2, 0) is 6.42 Å². The quantitative estimate of drug-likeness (QED) is 0.177. The molecule has 9 aromatic carbocycles. The van der Waals surface area contributed by atoms with Crippen LogP contribution in [0.5, 0.6) is 11.5 Å². The Morgan fingerprint density at radius 1 is 0.367 bits per heavy atom. The van der Waals surface area contributed by atoms with E-state index in [1.54, 1.807) is 0 Å². The third-order valence-corrected chi connectivity index (χ3v) is 10.4. The van der Waals surface area contributed by atoms with Crippen LogP contribution in [0.4, 0.5) is 0 Å². The van der Waals surface area contributed by atoms with Gasteiger partial charge in [-0.3, -0.25) is 0 Å². The summed E-state index contributed by atoms with van der Waals surface area (Å²) in [5.74, 6) is 1.88. The van der Waals surface area contributed by atoms with E-state index in [0.29, 0.717) is 0 Å². The molecule has 0 atom stereocenters. The summed E-state index contributed by atoms with van der Waals surface area (Å²) in [4.78, 5) is 0. The van der Waals surface area contributed by atoms with Gasteiger partial charge in [0.05, 0.1) is 0 Å². The molecule has 1 aliphatic carbocycles. The summed E-state index contributed by atoms with van der Waals surface area (Å²) in [6.45, 7) is 0. The van der Waals surface area contributed by atoms with Gasteiger partial charge in [0.2, 0.25) is 0 Å². The van der Waals surface area contributed by atoms with Crippen molar-refractivity contribution in [3.63, 3.8) is 0 Å². The minimum absolute atomic E-state index is 0.912. The molecule has 49 heavy (non-hydrogen) atoms. The highest BCUT2D eigenvalue weighted by molar-refractivity contribution is 6.20. The molecule has 230 valence electrons. The summed E-state index contributed by atoms with van der Waals surface area (Å²) in [6.07, 6.45) is 6.56. The zero-order valence-electron chi connectivity index (χ0n) is 27.0. The molecule has 0 amide bonds.